The molecule has 0 fully saturated rings. The summed E-state index contributed by atoms with van der Waals surface area (Å²) < 4.78 is 1.64. The minimum atomic E-state index is -0.163. The fourth-order valence-electron chi connectivity index (χ4n) is 1.93. The predicted molar refractivity (Wildman–Crippen MR) is 82.7 cm³/mol. The maximum absolute atomic E-state index is 12.2. The summed E-state index contributed by atoms with van der Waals surface area (Å²) in [6.45, 7) is 3.18. The molecule has 0 unspecified atom stereocenters. The first-order chi connectivity index (χ1) is 10.1. The third-order valence-corrected chi connectivity index (χ3v) is 3.11. The van der Waals surface area contributed by atoms with Gasteiger partial charge in [0, 0.05) is 37.3 Å². The summed E-state index contributed by atoms with van der Waals surface area (Å²) in [6, 6.07) is 5.23. The van der Waals surface area contributed by atoms with E-state index < -0.39 is 0 Å². The van der Waals surface area contributed by atoms with Gasteiger partial charge >= 0.3 is 0 Å². The van der Waals surface area contributed by atoms with Crippen molar-refractivity contribution in [2.75, 3.05) is 18.4 Å². The molecule has 1 aromatic heterocycles. The van der Waals surface area contributed by atoms with Crippen molar-refractivity contribution in [3.63, 3.8) is 0 Å². The van der Waals surface area contributed by atoms with Gasteiger partial charge in [-0.2, -0.15) is 5.10 Å². The van der Waals surface area contributed by atoms with Gasteiger partial charge in [-0.05, 0) is 25.1 Å². The van der Waals surface area contributed by atoms with Crippen LogP contribution in [0.1, 0.15) is 23.1 Å². The summed E-state index contributed by atoms with van der Waals surface area (Å²) in [7, 11) is 1.81. The molecule has 7 heteroatoms. The first kappa shape index (κ1) is 15.3. The van der Waals surface area contributed by atoms with Crippen molar-refractivity contribution in [2.24, 2.45) is 7.05 Å². The zero-order valence-electron chi connectivity index (χ0n) is 12.1. The monoisotopic (exact) mass is 307 g/mol. The number of benzene rings is 1. The van der Waals surface area contributed by atoms with Gasteiger partial charge in [-0.15, -0.1) is 0 Å². The lowest BCUT2D eigenvalue weighted by molar-refractivity contribution is 0.0955. The summed E-state index contributed by atoms with van der Waals surface area (Å²) >= 11 is 5.96. The molecular formula is C14H18ClN5O. The maximum atomic E-state index is 12.2. The van der Waals surface area contributed by atoms with Crippen molar-refractivity contribution in [2.45, 2.75) is 13.3 Å². The number of carbonyl (C=O) groups is 1. The van der Waals surface area contributed by atoms with Gasteiger partial charge in [-0.1, -0.05) is 11.6 Å². The number of rotatable bonds is 6. The lowest BCUT2D eigenvalue weighted by Crippen LogP contribution is -2.27. The Balaban J connectivity index is 1.97. The minimum Gasteiger partial charge on any atom is -0.385 e. The van der Waals surface area contributed by atoms with Crippen LogP contribution in [-0.4, -0.2) is 33.8 Å². The number of anilines is 1. The Hall–Kier alpha value is -2.08. The normalized spacial score (nSPS) is 10.4. The van der Waals surface area contributed by atoms with Gasteiger partial charge in [-0.3, -0.25) is 9.48 Å². The smallest absolute Gasteiger partial charge is 0.253 e. The molecule has 0 saturated heterocycles. The van der Waals surface area contributed by atoms with Gasteiger partial charge in [0.25, 0.3) is 5.91 Å². The quantitative estimate of drug-likeness (QED) is 0.854. The first-order valence-corrected chi connectivity index (χ1v) is 7.14. The summed E-state index contributed by atoms with van der Waals surface area (Å²) in [5.41, 5.74) is 1.31. The van der Waals surface area contributed by atoms with Gasteiger partial charge in [0.2, 0.25) is 0 Å². The van der Waals surface area contributed by atoms with Crippen LogP contribution in [0.2, 0.25) is 5.02 Å². The van der Waals surface area contributed by atoms with E-state index in [0.717, 1.165) is 12.2 Å². The van der Waals surface area contributed by atoms with Crippen LogP contribution in [0.3, 0.4) is 0 Å². The number of carbonyl (C=O) groups excluding carboxylic acids is 1. The van der Waals surface area contributed by atoms with Gasteiger partial charge in [0.05, 0.1) is 5.56 Å². The third-order valence-electron chi connectivity index (χ3n) is 2.87. The Morgan fingerprint density at radius 2 is 2.24 bits per heavy atom. The molecule has 0 aliphatic rings. The molecular weight excluding hydrogens is 290 g/mol. The Kier molecular flexibility index (Phi) is 5.16. The third kappa shape index (κ3) is 4.19. The van der Waals surface area contributed by atoms with Crippen molar-refractivity contribution in [3.05, 3.63) is 40.9 Å². The average molecular weight is 308 g/mol. The largest absolute Gasteiger partial charge is 0.385 e. The minimum absolute atomic E-state index is 0.163. The van der Waals surface area contributed by atoms with Crippen molar-refractivity contribution in [1.82, 2.24) is 20.1 Å². The van der Waals surface area contributed by atoms with Crippen LogP contribution in [0.25, 0.3) is 0 Å². The molecule has 6 nitrogen and oxygen atoms in total. The van der Waals surface area contributed by atoms with E-state index in [2.05, 4.69) is 20.7 Å². The molecule has 0 radical (unpaired) electrons. The maximum Gasteiger partial charge on any atom is 0.253 e. The topological polar surface area (TPSA) is 71.8 Å². The van der Waals surface area contributed by atoms with Crippen LogP contribution < -0.4 is 10.6 Å². The van der Waals surface area contributed by atoms with E-state index in [1.54, 1.807) is 29.2 Å². The van der Waals surface area contributed by atoms with E-state index in [9.17, 15) is 4.79 Å². The lowest BCUT2D eigenvalue weighted by atomic mass is 10.1. The summed E-state index contributed by atoms with van der Waals surface area (Å²) in [5.74, 6) is 0.542. The number of hydrogen-bond donors (Lipinski definition) is 2. The van der Waals surface area contributed by atoms with E-state index in [1.807, 2.05) is 14.0 Å². The second kappa shape index (κ2) is 7.08. The van der Waals surface area contributed by atoms with E-state index in [1.165, 1.54) is 0 Å². The SMILES string of the molecule is CCNc1ccc(Cl)cc1C(=O)NCCc1ncn(C)n1. The summed E-state index contributed by atoms with van der Waals surface area (Å²) in [5, 5.41) is 10.7. The molecule has 2 N–H and O–H groups in total. The second-order valence-corrected chi connectivity index (χ2v) is 5.00. The highest BCUT2D eigenvalue weighted by Crippen LogP contribution is 2.20. The van der Waals surface area contributed by atoms with E-state index in [4.69, 9.17) is 11.6 Å². The molecule has 0 aliphatic heterocycles. The van der Waals surface area contributed by atoms with Gasteiger partial charge in [-0.25, -0.2) is 4.98 Å². The van der Waals surface area contributed by atoms with Gasteiger partial charge < -0.3 is 10.6 Å². The zero-order valence-corrected chi connectivity index (χ0v) is 12.8. The Labute approximate surface area is 128 Å². The van der Waals surface area contributed by atoms with Crippen molar-refractivity contribution in [1.29, 1.82) is 0 Å². The van der Waals surface area contributed by atoms with Gasteiger partial charge in [0.1, 0.15) is 6.33 Å². The Morgan fingerprint density at radius 3 is 2.90 bits per heavy atom. The average Bonchev–Trinajstić information content (AvgIpc) is 2.86. The fourth-order valence-corrected chi connectivity index (χ4v) is 2.10. The Morgan fingerprint density at radius 1 is 1.43 bits per heavy atom. The molecule has 1 aromatic carbocycles. The number of halogens is 1. The number of aryl methyl sites for hydroxylation is 1. The number of amides is 1. The number of hydrogen-bond acceptors (Lipinski definition) is 4. The highest BCUT2D eigenvalue weighted by atomic mass is 35.5. The lowest BCUT2D eigenvalue weighted by Gasteiger charge is -2.11. The Bertz CT molecular complexity index is 626. The molecule has 1 amide bonds. The molecule has 0 spiro atoms. The standard InChI is InChI=1S/C14H18ClN5O/c1-3-16-12-5-4-10(15)8-11(12)14(21)17-7-6-13-18-9-20(2)19-13/h4-5,8-9,16H,3,6-7H2,1-2H3,(H,17,21). The van der Waals surface area contributed by atoms with Crippen molar-refractivity contribution < 1.29 is 4.79 Å². The van der Waals surface area contributed by atoms with E-state index >= 15 is 0 Å². The number of aromatic nitrogens is 3. The van der Waals surface area contributed by atoms with E-state index in [-0.39, 0.29) is 5.91 Å². The van der Waals surface area contributed by atoms with Gasteiger partial charge in [0.15, 0.2) is 5.82 Å². The highest BCUT2D eigenvalue weighted by molar-refractivity contribution is 6.31. The van der Waals surface area contributed by atoms with Crippen LogP contribution in [0, 0.1) is 0 Å². The van der Waals surface area contributed by atoms with Crippen LogP contribution in [0.5, 0.6) is 0 Å². The fraction of sp³-hybridized carbons (Fsp3) is 0.357. The molecule has 2 rings (SSSR count). The number of nitrogens with one attached hydrogen (secondary N) is 2. The summed E-state index contributed by atoms with van der Waals surface area (Å²) in [4.78, 5) is 16.3. The molecule has 2 aromatic rings. The number of nitrogens with zero attached hydrogens (tertiary/aromatic N) is 3. The van der Waals surface area contributed by atoms with Crippen LogP contribution in [-0.2, 0) is 13.5 Å². The zero-order chi connectivity index (χ0) is 15.2. The highest BCUT2D eigenvalue weighted by Gasteiger charge is 2.11. The molecule has 1 heterocycles. The van der Waals surface area contributed by atoms with Crippen LogP contribution in [0.15, 0.2) is 24.5 Å². The second-order valence-electron chi connectivity index (χ2n) is 4.56. The molecule has 0 bridgehead atoms. The molecule has 21 heavy (non-hydrogen) atoms. The first-order valence-electron chi connectivity index (χ1n) is 6.76. The van der Waals surface area contributed by atoms with Crippen molar-refractivity contribution in [3.8, 4) is 0 Å². The van der Waals surface area contributed by atoms with E-state index in [0.29, 0.717) is 29.4 Å². The molecule has 0 aliphatic carbocycles. The molecule has 0 saturated carbocycles. The van der Waals surface area contributed by atoms with Crippen LogP contribution in [0.4, 0.5) is 5.69 Å². The predicted octanol–water partition coefficient (Wildman–Crippen LogP) is 1.87. The van der Waals surface area contributed by atoms with Crippen LogP contribution >= 0.6 is 11.6 Å². The van der Waals surface area contributed by atoms with Crippen molar-refractivity contribution >= 4 is 23.2 Å². The summed E-state index contributed by atoms with van der Waals surface area (Å²) in [6.07, 6.45) is 2.22. The molecule has 0 atom stereocenters. The molecule has 112 valence electrons.